The fourth-order valence-electron chi connectivity index (χ4n) is 3.32. The van der Waals surface area contributed by atoms with Gasteiger partial charge in [0.25, 0.3) is 0 Å². The number of carbonyl (C=O) groups excluding carboxylic acids is 1. The molecule has 8 heteroatoms. The Hall–Kier alpha value is -2.58. The van der Waals surface area contributed by atoms with Gasteiger partial charge >= 0.3 is 0 Å². The molecule has 2 aromatic carbocycles. The number of phenols is 1. The molecular formula is C20H22N4O3S. The second-order valence-electron chi connectivity index (χ2n) is 6.55. The summed E-state index contributed by atoms with van der Waals surface area (Å²) in [4.78, 5) is 14.2. The van der Waals surface area contributed by atoms with Crippen molar-refractivity contribution in [1.82, 2.24) is 19.7 Å². The monoisotopic (exact) mass is 398 g/mol. The third-order valence-electron chi connectivity index (χ3n) is 4.83. The summed E-state index contributed by atoms with van der Waals surface area (Å²) in [7, 11) is 0. The molecule has 0 bridgehead atoms. The minimum atomic E-state index is 0.0778. The first-order valence-corrected chi connectivity index (χ1v) is 10.3. The van der Waals surface area contributed by atoms with Gasteiger partial charge in [-0.3, -0.25) is 4.79 Å². The first-order valence-electron chi connectivity index (χ1n) is 9.31. The predicted molar refractivity (Wildman–Crippen MR) is 108 cm³/mol. The number of aromatic hydroxyl groups is 1. The molecule has 0 radical (unpaired) electrons. The number of ether oxygens (including phenoxy) is 1. The molecule has 146 valence electrons. The van der Waals surface area contributed by atoms with E-state index in [0.717, 1.165) is 10.8 Å². The number of rotatable bonds is 5. The number of aromatic nitrogens is 3. The Morgan fingerprint density at radius 2 is 1.89 bits per heavy atom. The highest BCUT2D eigenvalue weighted by Crippen LogP contribution is 2.34. The normalized spacial score (nSPS) is 14.5. The van der Waals surface area contributed by atoms with E-state index in [1.807, 2.05) is 46.7 Å². The van der Waals surface area contributed by atoms with Gasteiger partial charge < -0.3 is 19.3 Å². The first-order chi connectivity index (χ1) is 13.7. The van der Waals surface area contributed by atoms with Gasteiger partial charge in [-0.15, -0.1) is 10.2 Å². The molecule has 0 atom stereocenters. The van der Waals surface area contributed by atoms with Crippen LogP contribution >= 0.6 is 11.8 Å². The number of hydrogen-bond donors (Lipinski definition) is 1. The number of carbonyl (C=O) groups is 1. The number of fused-ring (bicyclic) bond motifs is 1. The molecule has 2 heterocycles. The van der Waals surface area contributed by atoms with Crippen LogP contribution in [0.3, 0.4) is 0 Å². The van der Waals surface area contributed by atoms with Crippen LogP contribution in [0.5, 0.6) is 5.75 Å². The van der Waals surface area contributed by atoms with Crippen LogP contribution < -0.4 is 0 Å². The zero-order valence-electron chi connectivity index (χ0n) is 15.7. The summed E-state index contributed by atoms with van der Waals surface area (Å²) in [6.07, 6.45) is 0. The summed E-state index contributed by atoms with van der Waals surface area (Å²) >= 11 is 1.37. The average Bonchev–Trinajstić information content (AvgIpc) is 3.14. The average molecular weight is 398 g/mol. The first kappa shape index (κ1) is 18.8. The lowest BCUT2D eigenvalue weighted by molar-refractivity contribution is -0.132. The van der Waals surface area contributed by atoms with Crippen LogP contribution in [0.2, 0.25) is 0 Å². The van der Waals surface area contributed by atoms with Gasteiger partial charge in [-0.2, -0.15) is 0 Å². The summed E-state index contributed by atoms with van der Waals surface area (Å²) < 4.78 is 7.22. The molecule has 3 aromatic rings. The number of nitrogens with zero attached hydrogens (tertiary/aromatic N) is 4. The molecule has 4 rings (SSSR count). The fraction of sp³-hybridized carbons (Fsp3) is 0.350. The zero-order chi connectivity index (χ0) is 19.5. The Morgan fingerprint density at radius 3 is 2.61 bits per heavy atom. The molecule has 1 aliphatic rings. The second kappa shape index (κ2) is 8.20. The van der Waals surface area contributed by atoms with Gasteiger partial charge in [-0.1, -0.05) is 36.0 Å². The standard InChI is InChI=1S/C20H22N4O3S/c1-2-24-19(16-11-14-5-3-4-6-15(14)12-17(16)25)21-22-20(24)28-13-18(26)23-7-9-27-10-8-23/h3-6,11-12,25H,2,7-10,13H2,1H3. The van der Waals surface area contributed by atoms with E-state index >= 15 is 0 Å². The quantitative estimate of drug-likeness (QED) is 0.666. The number of hydrogen-bond acceptors (Lipinski definition) is 6. The van der Waals surface area contributed by atoms with Crippen LogP contribution in [-0.2, 0) is 16.1 Å². The van der Waals surface area contributed by atoms with Gasteiger partial charge in [0.1, 0.15) is 5.75 Å². The van der Waals surface area contributed by atoms with Crippen LogP contribution in [0, 0.1) is 0 Å². The van der Waals surface area contributed by atoms with Crippen molar-refractivity contribution >= 4 is 28.4 Å². The van der Waals surface area contributed by atoms with E-state index in [1.54, 1.807) is 6.07 Å². The lowest BCUT2D eigenvalue weighted by atomic mass is 10.1. The number of benzene rings is 2. The molecule has 1 N–H and O–H groups in total. The van der Waals surface area contributed by atoms with E-state index in [4.69, 9.17) is 4.74 Å². The highest BCUT2D eigenvalue weighted by atomic mass is 32.2. The van der Waals surface area contributed by atoms with Crippen LogP contribution in [-0.4, -0.2) is 62.7 Å². The Balaban J connectivity index is 1.57. The minimum Gasteiger partial charge on any atom is -0.507 e. The summed E-state index contributed by atoms with van der Waals surface area (Å²) in [6, 6.07) is 11.5. The van der Waals surface area contributed by atoms with Gasteiger partial charge in [0.05, 0.1) is 24.5 Å². The summed E-state index contributed by atoms with van der Waals surface area (Å²) in [6.45, 7) is 5.09. The molecule has 0 spiro atoms. The molecule has 0 saturated carbocycles. The number of morpholine rings is 1. The molecule has 1 aliphatic heterocycles. The third-order valence-corrected chi connectivity index (χ3v) is 5.78. The maximum atomic E-state index is 12.4. The smallest absolute Gasteiger partial charge is 0.233 e. The van der Waals surface area contributed by atoms with Crippen molar-refractivity contribution in [2.75, 3.05) is 32.1 Å². The van der Waals surface area contributed by atoms with Crippen molar-refractivity contribution in [3.63, 3.8) is 0 Å². The zero-order valence-corrected chi connectivity index (χ0v) is 16.5. The molecular weight excluding hydrogens is 376 g/mol. The molecule has 1 amide bonds. The summed E-state index contributed by atoms with van der Waals surface area (Å²) in [5.41, 5.74) is 0.638. The molecule has 1 fully saturated rings. The topological polar surface area (TPSA) is 80.5 Å². The molecule has 0 aliphatic carbocycles. The fourth-order valence-corrected chi connectivity index (χ4v) is 4.22. The summed E-state index contributed by atoms with van der Waals surface area (Å²) in [5, 5.41) is 21.8. The van der Waals surface area contributed by atoms with Gasteiger partial charge in [0.2, 0.25) is 5.91 Å². The molecule has 1 saturated heterocycles. The largest absolute Gasteiger partial charge is 0.507 e. The third kappa shape index (κ3) is 3.70. The lowest BCUT2D eigenvalue weighted by Crippen LogP contribution is -2.41. The Kier molecular flexibility index (Phi) is 5.50. The van der Waals surface area contributed by atoms with E-state index < -0.39 is 0 Å². The van der Waals surface area contributed by atoms with Crippen LogP contribution in [0.15, 0.2) is 41.6 Å². The van der Waals surface area contributed by atoms with Gasteiger partial charge in [-0.25, -0.2) is 0 Å². The number of thioether (sulfide) groups is 1. The van der Waals surface area contributed by atoms with E-state index in [9.17, 15) is 9.90 Å². The maximum Gasteiger partial charge on any atom is 0.233 e. The second-order valence-corrected chi connectivity index (χ2v) is 7.49. The molecule has 0 unspecified atom stereocenters. The SMILES string of the molecule is CCn1c(SCC(=O)N2CCOCC2)nnc1-c1cc2ccccc2cc1O. The maximum absolute atomic E-state index is 12.4. The van der Waals surface area contributed by atoms with Crippen molar-refractivity contribution in [3.8, 4) is 17.1 Å². The molecule has 1 aromatic heterocycles. The van der Waals surface area contributed by atoms with Gasteiger partial charge in [-0.05, 0) is 29.8 Å². The van der Waals surface area contributed by atoms with Crippen LogP contribution in [0.4, 0.5) is 0 Å². The minimum absolute atomic E-state index is 0.0778. The van der Waals surface area contributed by atoms with Crippen molar-refractivity contribution < 1.29 is 14.6 Å². The van der Waals surface area contributed by atoms with Crippen molar-refractivity contribution in [1.29, 1.82) is 0 Å². The molecule has 7 nitrogen and oxygen atoms in total. The van der Waals surface area contributed by atoms with Crippen molar-refractivity contribution in [2.24, 2.45) is 0 Å². The van der Waals surface area contributed by atoms with Crippen LogP contribution in [0.25, 0.3) is 22.2 Å². The highest BCUT2D eigenvalue weighted by molar-refractivity contribution is 7.99. The summed E-state index contributed by atoms with van der Waals surface area (Å²) in [5.74, 6) is 1.16. The Morgan fingerprint density at radius 1 is 1.18 bits per heavy atom. The van der Waals surface area contributed by atoms with Gasteiger partial charge in [0.15, 0.2) is 11.0 Å². The van der Waals surface area contributed by atoms with E-state index in [-0.39, 0.29) is 11.7 Å². The van der Waals surface area contributed by atoms with E-state index in [1.165, 1.54) is 11.8 Å². The highest BCUT2D eigenvalue weighted by Gasteiger charge is 2.20. The predicted octanol–water partition coefficient (Wildman–Crippen LogP) is 2.77. The lowest BCUT2D eigenvalue weighted by Gasteiger charge is -2.26. The Labute approximate surface area is 167 Å². The Bertz CT molecular complexity index is 998. The number of phenolic OH excluding ortho intramolecular Hbond substituents is 1. The number of amides is 1. The van der Waals surface area contributed by atoms with E-state index in [0.29, 0.717) is 55.1 Å². The molecule has 28 heavy (non-hydrogen) atoms. The van der Waals surface area contributed by atoms with Gasteiger partial charge in [0, 0.05) is 19.6 Å². The van der Waals surface area contributed by atoms with Crippen molar-refractivity contribution in [3.05, 3.63) is 36.4 Å². The van der Waals surface area contributed by atoms with E-state index in [2.05, 4.69) is 10.2 Å². The van der Waals surface area contributed by atoms with Crippen molar-refractivity contribution in [2.45, 2.75) is 18.6 Å². The van der Waals surface area contributed by atoms with Crippen LogP contribution in [0.1, 0.15) is 6.92 Å².